The Hall–Kier alpha value is -1.13. The smallest absolute Gasteiger partial charge is 0.0883 e. The molecule has 2 aromatic rings. The molecular formula is C11H11BrN2O. The van der Waals surface area contributed by atoms with Crippen LogP contribution in [0.2, 0.25) is 0 Å². The number of aliphatic hydroxyl groups excluding tert-OH is 1. The first-order valence-electron chi connectivity index (χ1n) is 4.62. The molecule has 2 rings (SSSR count). The van der Waals surface area contributed by atoms with Gasteiger partial charge < -0.3 is 5.11 Å². The Kier molecular flexibility index (Phi) is 2.88. The first kappa shape index (κ1) is 10.4. The molecule has 1 aromatic carbocycles. The van der Waals surface area contributed by atoms with Crippen LogP contribution >= 0.6 is 15.9 Å². The van der Waals surface area contributed by atoms with E-state index >= 15 is 0 Å². The van der Waals surface area contributed by atoms with Gasteiger partial charge in [0.2, 0.25) is 0 Å². The summed E-state index contributed by atoms with van der Waals surface area (Å²) >= 11 is 3.47. The Labute approximate surface area is 96.5 Å². The Morgan fingerprint density at radius 1 is 1.40 bits per heavy atom. The molecule has 3 nitrogen and oxygen atoms in total. The summed E-state index contributed by atoms with van der Waals surface area (Å²) in [6, 6.07) is 7.86. The number of benzene rings is 1. The van der Waals surface area contributed by atoms with Crippen LogP contribution in [0.25, 0.3) is 5.69 Å². The monoisotopic (exact) mass is 266 g/mol. The molecule has 0 unspecified atom stereocenters. The summed E-state index contributed by atoms with van der Waals surface area (Å²) in [7, 11) is 0. The maximum Gasteiger partial charge on any atom is 0.0883 e. The van der Waals surface area contributed by atoms with Crippen molar-refractivity contribution in [3.63, 3.8) is 0 Å². The molecule has 0 fully saturated rings. The molecule has 0 atom stereocenters. The second-order valence-electron chi connectivity index (χ2n) is 3.36. The van der Waals surface area contributed by atoms with Gasteiger partial charge >= 0.3 is 0 Å². The van der Waals surface area contributed by atoms with Gasteiger partial charge in [0.15, 0.2) is 0 Å². The molecular weight excluding hydrogens is 256 g/mol. The third-order valence-corrected chi connectivity index (χ3v) is 2.83. The van der Waals surface area contributed by atoms with Crippen LogP contribution in [0.3, 0.4) is 0 Å². The lowest BCUT2D eigenvalue weighted by Crippen LogP contribution is -1.97. The number of aromatic nitrogens is 2. The Morgan fingerprint density at radius 3 is 2.87 bits per heavy atom. The molecule has 0 bridgehead atoms. The lowest BCUT2D eigenvalue weighted by Gasteiger charge is -2.05. The molecule has 1 N–H and O–H groups in total. The fourth-order valence-corrected chi connectivity index (χ4v) is 1.81. The van der Waals surface area contributed by atoms with E-state index < -0.39 is 0 Å². The topological polar surface area (TPSA) is 38.0 Å². The average Bonchev–Trinajstić information content (AvgIpc) is 2.70. The molecule has 0 saturated carbocycles. The number of hydrogen-bond acceptors (Lipinski definition) is 2. The van der Waals surface area contributed by atoms with Crippen molar-refractivity contribution in [1.82, 2.24) is 9.78 Å². The van der Waals surface area contributed by atoms with Crippen molar-refractivity contribution in [3.05, 3.63) is 46.2 Å². The molecule has 15 heavy (non-hydrogen) atoms. The highest BCUT2D eigenvalue weighted by Gasteiger charge is 2.04. The number of halogens is 1. The minimum Gasteiger partial charge on any atom is -0.390 e. The van der Waals surface area contributed by atoms with Gasteiger partial charge in [0.25, 0.3) is 0 Å². The van der Waals surface area contributed by atoms with Crippen LogP contribution in [-0.2, 0) is 6.61 Å². The Balaban J connectivity index is 2.48. The van der Waals surface area contributed by atoms with Crippen molar-refractivity contribution >= 4 is 15.9 Å². The van der Waals surface area contributed by atoms with Crippen molar-refractivity contribution in [1.29, 1.82) is 0 Å². The molecule has 0 aliphatic carbocycles. The van der Waals surface area contributed by atoms with E-state index in [4.69, 9.17) is 5.11 Å². The van der Waals surface area contributed by atoms with Crippen molar-refractivity contribution in [3.8, 4) is 5.69 Å². The lowest BCUT2D eigenvalue weighted by atomic mass is 10.2. The molecule has 0 saturated heterocycles. The largest absolute Gasteiger partial charge is 0.390 e. The molecule has 0 spiro atoms. The summed E-state index contributed by atoms with van der Waals surface area (Å²) in [5, 5.41) is 13.2. The summed E-state index contributed by atoms with van der Waals surface area (Å²) in [5.41, 5.74) is 2.83. The number of aliphatic hydroxyl groups is 1. The van der Waals surface area contributed by atoms with Gasteiger partial charge in [-0.25, -0.2) is 4.68 Å². The minimum atomic E-state index is -0.0313. The summed E-state index contributed by atoms with van der Waals surface area (Å²) in [6.07, 6.45) is 1.84. The van der Waals surface area contributed by atoms with Crippen molar-refractivity contribution in [2.75, 3.05) is 0 Å². The predicted octanol–water partition coefficient (Wildman–Crippen LogP) is 2.44. The summed E-state index contributed by atoms with van der Waals surface area (Å²) in [5.74, 6) is 0. The molecule has 0 aliphatic rings. The zero-order valence-corrected chi connectivity index (χ0v) is 9.90. The van der Waals surface area contributed by atoms with Gasteiger partial charge in [0.1, 0.15) is 0 Å². The maximum atomic E-state index is 8.93. The second kappa shape index (κ2) is 4.16. The van der Waals surface area contributed by atoms with Crippen LogP contribution in [0.1, 0.15) is 11.3 Å². The maximum absolute atomic E-state index is 8.93. The van der Waals surface area contributed by atoms with E-state index in [9.17, 15) is 0 Å². The van der Waals surface area contributed by atoms with Gasteiger partial charge in [-0.3, -0.25) is 0 Å². The van der Waals surface area contributed by atoms with Crippen LogP contribution in [0.15, 0.2) is 34.9 Å². The van der Waals surface area contributed by atoms with Crippen molar-refractivity contribution < 1.29 is 5.11 Å². The zero-order valence-electron chi connectivity index (χ0n) is 8.31. The zero-order chi connectivity index (χ0) is 10.8. The Bertz CT molecular complexity index is 479. The number of rotatable bonds is 2. The number of hydrogen-bond donors (Lipinski definition) is 1. The molecule has 0 aliphatic heterocycles. The van der Waals surface area contributed by atoms with Crippen molar-refractivity contribution in [2.24, 2.45) is 0 Å². The molecule has 4 heteroatoms. The predicted molar refractivity (Wildman–Crippen MR) is 61.9 cm³/mol. The number of nitrogens with zero attached hydrogens (tertiary/aromatic N) is 2. The third-order valence-electron chi connectivity index (χ3n) is 2.15. The van der Waals surface area contributed by atoms with Crippen LogP contribution in [0.5, 0.6) is 0 Å². The van der Waals surface area contributed by atoms with Gasteiger partial charge in [0.05, 0.1) is 18.0 Å². The minimum absolute atomic E-state index is 0.0313. The van der Waals surface area contributed by atoms with Gasteiger partial charge in [-0.15, -0.1) is 0 Å². The van der Waals surface area contributed by atoms with Gasteiger partial charge in [-0.1, -0.05) is 6.07 Å². The summed E-state index contributed by atoms with van der Waals surface area (Å²) < 4.78 is 2.74. The Morgan fingerprint density at radius 2 is 2.20 bits per heavy atom. The molecule has 0 amide bonds. The summed E-state index contributed by atoms with van der Waals surface area (Å²) in [4.78, 5) is 0. The molecule has 0 radical (unpaired) electrons. The quantitative estimate of drug-likeness (QED) is 0.907. The fourth-order valence-electron chi connectivity index (χ4n) is 1.38. The normalized spacial score (nSPS) is 10.6. The average molecular weight is 267 g/mol. The van der Waals surface area contributed by atoms with E-state index in [0.717, 1.165) is 10.2 Å². The standard InChI is InChI=1S/C11H11BrN2O/c1-8-2-3-10(12)11(6-8)14-5-4-9(7-15)13-14/h2-6,15H,7H2,1H3. The fraction of sp³-hybridized carbons (Fsp3) is 0.182. The van der Waals surface area contributed by atoms with E-state index in [-0.39, 0.29) is 6.61 Å². The highest BCUT2D eigenvalue weighted by molar-refractivity contribution is 9.10. The van der Waals surface area contributed by atoms with Crippen LogP contribution in [0.4, 0.5) is 0 Å². The van der Waals surface area contributed by atoms with Gasteiger partial charge in [-0.2, -0.15) is 5.10 Å². The van der Waals surface area contributed by atoms with Gasteiger partial charge in [-0.05, 0) is 46.6 Å². The van der Waals surface area contributed by atoms with Crippen LogP contribution < -0.4 is 0 Å². The van der Waals surface area contributed by atoms with Crippen LogP contribution in [-0.4, -0.2) is 14.9 Å². The highest BCUT2D eigenvalue weighted by Crippen LogP contribution is 2.21. The van der Waals surface area contributed by atoms with Crippen LogP contribution in [0, 0.1) is 6.92 Å². The van der Waals surface area contributed by atoms with E-state index in [1.807, 2.05) is 31.3 Å². The van der Waals surface area contributed by atoms with E-state index in [2.05, 4.69) is 21.0 Å². The van der Waals surface area contributed by atoms with E-state index in [1.54, 1.807) is 10.7 Å². The van der Waals surface area contributed by atoms with Gasteiger partial charge in [0, 0.05) is 10.7 Å². The first-order valence-corrected chi connectivity index (χ1v) is 5.42. The lowest BCUT2D eigenvalue weighted by molar-refractivity contribution is 0.276. The molecule has 78 valence electrons. The second-order valence-corrected chi connectivity index (χ2v) is 4.22. The SMILES string of the molecule is Cc1ccc(Br)c(-n2ccc(CO)n2)c1. The summed E-state index contributed by atoms with van der Waals surface area (Å²) in [6.45, 7) is 2.00. The molecule has 1 aromatic heterocycles. The van der Waals surface area contributed by atoms with E-state index in [1.165, 1.54) is 5.56 Å². The van der Waals surface area contributed by atoms with Crippen molar-refractivity contribution in [2.45, 2.75) is 13.5 Å². The first-order chi connectivity index (χ1) is 7.20. The third kappa shape index (κ3) is 2.11. The number of aryl methyl sites for hydroxylation is 1. The molecule has 1 heterocycles. The van der Waals surface area contributed by atoms with E-state index in [0.29, 0.717) is 5.69 Å². The highest BCUT2D eigenvalue weighted by atomic mass is 79.9.